The van der Waals surface area contributed by atoms with E-state index in [4.69, 9.17) is 0 Å². The zero-order valence-corrected chi connectivity index (χ0v) is 16.5. The number of carboxylic acid groups (broad SMARTS) is 1. The molecule has 0 radical (unpaired) electrons. The van der Waals surface area contributed by atoms with E-state index >= 15 is 0 Å². The van der Waals surface area contributed by atoms with Gasteiger partial charge in [0.05, 0.1) is 16.8 Å². The van der Waals surface area contributed by atoms with Crippen LogP contribution in [0.15, 0.2) is 56.8 Å². The summed E-state index contributed by atoms with van der Waals surface area (Å²) in [6.07, 6.45) is 0. The Bertz CT molecular complexity index is 972. The molecule has 1 heterocycles. The first kappa shape index (κ1) is 17.8. The molecule has 5 nitrogen and oxygen atoms in total. The Labute approximate surface area is 164 Å². The minimum Gasteiger partial charge on any atom is -0.478 e. The Balaban J connectivity index is 1.83. The largest absolute Gasteiger partial charge is 0.478 e. The molecule has 0 atom stereocenters. The molecule has 0 aliphatic rings. The van der Waals surface area contributed by atoms with Gasteiger partial charge in [0.1, 0.15) is 0 Å². The number of hydrogen-bond acceptors (Lipinski definition) is 4. The number of amides is 1. The van der Waals surface area contributed by atoms with Crippen LogP contribution < -0.4 is 5.32 Å². The number of carbonyl (C=O) groups excluding carboxylic acids is 1. The molecule has 3 aromatic rings. The molecular weight excluding hydrogens is 472 g/mol. The first-order valence-corrected chi connectivity index (χ1v) is 9.47. The highest BCUT2D eigenvalue weighted by Crippen LogP contribution is 2.31. The predicted molar refractivity (Wildman–Crippen MR) is 104 cm³/mol. The number of halogens is 2. The number of carboxylic acids is 1. The molecule has 2 aromatic carbocycles. The third kappa shape index (κ3) is 3.97. The molecule has 3 rings (SSSR count). The molecule has 0 spiro atoms. The number of nitrogens with one attached hydrogen (secondary N) is 1. The van der Waals surface area contributed by atoms with E-state index in [9.17, 15) is 14.7 Å². The van der Waals surface area contributed by atoms with Gasteiger partial charge in [-0.15, -0.1) is 11.3 Å². The number of carbonyl (C=O) groups is 2. The lowest BCUT2D eigenvalue weighted by atomic mass is 10.1. The monoisotopic (exact) mass is 480 g/mol. The Morgan fingerprint density at radius 3 is 2.44 bits per heavy atom. The van der Waals surface area contributed by atoms with E-state index in [1.807, 2.05) is 23.6 Å². The van der Waals surface area contributed by atoms with Gasteiger partial charge in [-0.3, -0.25) is 10.1 Å². The molecule has 126 valence electrons. The SMILES string of the molecule is O=C(O)c1ccccc1C(=O)Nc1nc(-c2ccc(Br)c(Br)c2)cs1. The molecule has 0 aliphatic heterocycles. The maximum absolute atomic E-state index is 12.4. The Kier molecular flexibility index (Phi) is 5.31. The van der Waals surface area contributed by atoms with Crippen LogP contribution in [0.4, 0.5) is 5.13 Å². The van der Waals surface area contributed by atoms with Crippen LogP contribution in [0.5, 0.6) is 0 Å². The first-order chi connectivity index (χ1) is 12.0. The van der Waals surface area contributed by atoms with Crippen LogP contribution in [0.2, 0.25) is 0 Å². The van der Waals surface area contributed by atoms with Gasteiger partial charge in [0.25, 0.3) is 5.91 Å². The van der Waals surface area contributed by atoms with Gasteiger partial charge in [0.15, 0.2) is 5.13 Å². The van der Waals surface area contributed by atoms with Crippen molar-refractivity contribution in [2.24, 2.45) is 0 Å². The van der Waals surface area contributed by atoms with E-state index in [0.29, 0.717) is 5.13 Å². The second-order valence-corrected chi connectivity index (χ2v) is 7.54. The van der Waals surface area contributed by atoms with Crippen LogP contribution in [-0.4, -0.2) is 22.0 Å². The smallest absolute Gasteiger partial charge is 0.336 e. The quantitative estimate of drug-likeness (QED) is 0.530. The fourth-order valence-corrected chi connectivity index (χ4v) is 3.49. The number of thiazole rings is 1. The highest BCUT2D eigenvalue weighted by Gasteiger charge is 2.17. The molecule has 1 aromatic heterocycles. The number of benzene rings is 2. The van der Waals surface area contributed by atoms with E-state index in [-0.39, 0.29) is 11.1 Å². The van der Waals surface area contributed by atoms with Gasteiger partial charge in [-0.05, 0) is 56.1 Å². The van der Waals surface area contributed by atoms with Gasteiger partial charge in [-0.2, -0.15) is 0 Å². The van der Waals surface area contributed by atoms with Crippen molar-refractivity contribution in [1.29, 1.82) is 0 Å². The summed E-state index contributed by atoms with van der Waals surface area (Å²) < 4.78 is 1.84. The van der Waals surface area contributed by atoms with Crippen LogP contribution in [-0.2, 0) is 0 Å². The van der Waals surface area contributed by atoms with Crippen molar-refractivity contribution in [3.8, 4) is 11.3 Å². The molecule has 25 heavy (non-hydrogen) atoms. The van der Waals surface area contributed by atoms with Crippen molar-refractivity contribution in [1.82, 2.24) is 4.98 Å². The third-order valence-electron chi connectivity index (χ3n) is 3.34. The van der Waals surface area contributed by atoms with E-state index in [2.05, 4.69) is 42.2 Å². The fourth-order valence-electron chi connectivity index (χ4n) is 2.15. The summed E-state index contributed by atoms with van der Waals surface area (Å²) >= 11 is 8.13. The standard InChI is InChI=1S/C17H10Br2N2O3S/c18-12-6-5-9(7-13(12)19)14-8-25-17(20-14)21-15(22)10-3-1-2-4-11(10)16(23)24/h1-8H,(H,23,24)(H,20,21,22). The van der Waals surface area contributed by atoms with Crippen molar-refractivity contribution >= 4 is 60.2 Å². The second-order valence-electron chi connectivity index (χ2n) is 4.97. The van der Waals surface area contributed by atoms with Gasteiger partial charge in [0.2, 0.25) is 0 Å². The summed E-state index contributed by atoms with van der Waals surface area (Å²) in [5.41, 5.74) is 1.67. The molecule has 2 N–H and O–H groups in total. The second kappa shape index (κ2) is 7.47. The van der Waals surface area contributed by atoms with Gasteiger partial charge in [0, 0.05) is 19.9 Å². The molecule has 0 aliphatic carbocycles. The van der Waals surface area contributed by atoms with Gasteiger partial charge < -0.3 is 5.11 Å². The maximum atomic E-state index is 12.4. The van der Waals surface area contributed by atoms with Crippen LogP contribution in [0.3, 0.4) is 0 Å². The molecule has 1 amide bonds. The lowest BCUT2D eigenvalue weighted by Crippen LogP contribution is -2.16. The molecule has 0 fully saturated rings. The third-order valence-corrected chi connectivity index (χ3v) is 5.98. The van der Waals surface area contributed by atoms with Crippen LogP contribution >= 0.6 is 43.2 Å². The van der Waals surface area contributed by atoms with Crippen molar-refractivity contribution in [3.63, 3.8) is 0 Å². The lowest BCUT2D eigenvalue weighted by molar-refractivity contribution is 0.0692. The normalized spacial score (nSPS) is 10.5. The number of hydrogen-bond donors (Lipinski definition) is 2. The van der Waals surface area contributed by atoms with Crippen LogP contribution in [0.1, 0.15) is 20.7 Å². The van der Waals surface area contributed by atoms with E-state index < -0.39 is 11.9 Å². The summed E-state index contributed by atoms with van der Waals surface area (Å²) in [6.45, 7) is 0. The Morgan fingerprint density at radius 1 is 1.04 bits per heavy atom. The van der Waals surface area contributed by atoms with Crippen LogP contribution in [0, 0.1) is 0 Å². The first-order valence-electron chi connectivity index (χ1n) is 7.00. The van der Waals surface area contributed by atoms with Crippen molar-refractivity contribution in [2.75, 3.05) is 5.32 Å². The minimum atomic E-state index is -1.15. The molecule has 0 saturated carbocycles. The lowest BCUT2D eigenvalue weighted by Gasteiger charge is -2.05. The summed E-state index contributed by atoms with van der Waals surface area (Å²) in [5, 5.41) is 14.1. The molecule has 8 heteroatoms. The number of anilines is 1. The Morgan fingerprint density at radius 2 is 1.76 bits per heavy atom. The van der Waals surface area contributed by atoms with E-state index in [0.717, 1.165) is 20.2 Å². The molecule has 0 unspecified atom stereocenters. The van der Waals surface area contributed by atoms with E-state index in [1.165, 1.54) is 23.5 Å². The summed E-state index contributed by atoms with van der Waals surface area (Å²) in [7, 11) is 0. The van der Waals surface area contributed by atoms with Gasteiger partial charge in [-0.25, -0.2) is 9.78 Å². The number of aromatic carboxylic acids is 1. The van der Waals surface area contributed by atoms with Crippen molar-refractivity contribution < 1.29 is 14.7 Å². The zero-order chi connectivity index (χ0) is 18.0. The van der Waals surface area contributed by atoms with Gasteiger partial charge in [-0.1, -0.05) is 18.2 Å². The number of rotatable bonds is 4. The topological polar surface area (TPSA) is 79.3 Å². The zero-order valence-electron chi connectivity index (χ0n) is 12.5. The minimum absolute atomic E-state index is 0.0476. The van der Waals surface area contributed by atoms with E-state index in [1.54, 1.807) is 12.1 Å². The highest BCUT2D eigenvalue weighted by atomic mass is 79.9. The predicted octanol–water partition coefficient (Wildman–Crippen LogP) is 5.29. The average molecular weight is 482 g/mol. The molecular formula is C17H10Br2N2O3S. The van der Waals surface area contributed by atoms with Crippen molar-refractivity contribution in [3.05, 3.63) is 67.9 Å². The summed E-state index contributed by atoms with van der Waals surface area (Å²) in [4.78, 5) is 28.0. The molecule has 0 saturated heterocycles. The average Bonchev–Trinajstić information content (AvgIpc) is 3.05. The Hall–Kier alpha value is -2.03. The maximum Gasteiger partial charge on any atom is 0.336 e. The number of nitrogens with zero attached hydrogens (tertiary/aromatic N) is 1. The fraction of sp³-hybridized carbons (Fsp3) is 0. The van der Waals surface area contributed by atoms with Gasteiger partial charge >= 0.3 is 5.97 Å². The van der Waals surface area contributed by atoms with Crippen molar-refractivity contribution in [2.45, 2.75) is 0 Å². The number of aromatic nitrogens is 1. The molecule has 0 bridgehead atoms. The summed E-state index contributed by atoms with van der Waals surface area (Å²) in [5.74, 6) is -1.65. The summed E-state index contributed by atoms with van der Waals surface area (Å²) in [6, 6.07) is 11.8. The highest BCUT2D eigenvalue weighted by molar-refractivity contribution is 9.13. The van der Waals surface area contributed by atoms with Crippen LogP contribution in [0.25, 0.3) is 11.3 Å².